The van der Waals surface area contributed by atoms with Gasteiger partial charge in [0.05, 0.1) is 6.04 Å². The van der Waals surface area contributed by atoms with Crippen molar-refractivity contribution in [1.29, 1.82) is 0 Å². The maximum atomic E-state index is 12.3. The lowest BCUT2D eigenvalue weighted by Gasteiger charge is -2.38. The molecular formula is C18H19N3O4. The molecule has 2 heterocycles. The van der Waals surface area contributed by atoms with E-state index in [0.717, 1.165) is 24.2 Å². The third-order valence-corrected chi connectivity index (χ3v) is 4.43. The van der Waals surface area contributed by atoms with Crippen molar-refractivity contribution in [3.8, 4) is 0 Å². The van der Waals surface area contributed by atoms with Crippen LogP contribution >= 0.6 is 0 Å². The van der Waals surface area contributed by atoms with Gasteiger partial charge < -0.3 is 19.5 Å². The molecule has 2 amide bonds. The minimum Gasteiger partial charge on any atom is -0.445 e. The maximum absolute atomic E-state index is 12.3. The van der Waals surface area contributed by atoms with Gasteiger partial charge in [-0.1, -0.05) is 35.5 Å². The molecule has 0 radical (unpaired) electrons. The van der Waals surface area contributed by atoms with E-state index in [1.165, 1.54) is 0 Å². The highest BCUT2D eigenvalue weighted by atomic mass is 16.5. The monoisotopic (exact) mass is 341 g/mol. The zero-order valence-electron chi connectivity index (χ0n) is 13.7. The van der Waals surface area contributed by atoms with Gasteiger partial charge in [0, 0.05) is 25.1 Å². The van der Waals surface area contributed by atoms with E-state index in [-0.39, 0.29) is 18.6 Å². The summed E-state index contributed by atoms with van der Waals surface area (Å²) in [6.45, 7) is 1.13. The molecule has 0 unspecified atom stereocenters. The molecule has 1 aromatic heterocycles. The fraction of sp³-hybridized carbons (Fsp3) is 0.389. The van der Waals surface area contributed by atoms with E-state index in [1.54, 1.807) is 11.0 Å². The molecule has 0 atom stereocenters. The van der Waals surface area contributed by atoms with Crippen molar-refractivity contribution in [3.05, 3.63) is 53.4 Å². The summed E-state index contributed by atoms with van der Waals surface area (Å²) in [6, 6.07) is 11.1. The van der Waals surface area contributed by atoms with Crippen LogP contribution in [0.5, 0.6) is 0 Å². The van der Waals surface area contributed by atoms with Crippen molar-refractivity contribution >= 4 is 12.0 Å². The average Bonchev–Trinajstić information content (AvgIpc) is 3.33. The molecule has 7 nitrogen and oxygen atoms in total. The van der Waals surface area contributed by atoms with Crippen molar-refractivity contribution in [2.75, 3.05) is 13.1 Å². The maximum Gasteiger partial charge on any atom is 0.407 e. The van der Waals surface area contributed by atoms with Gasteiger partial charge in [0.15, 0.2) is 5.69 Å². The molecule has 7 heteroatoms. The smallest absolute Gasteiger partial charge is 0.407 e. The fourth-order valence-electron chi connectivity index (χ4n) is 2.78. The molecule has 1 aliphatic carbocycles. The number of hydrogen-bond donors (Lipinski definition) is 1. The lowest BCUT2D eigenvalue weighted by molar-refractivity contribution is 0.0535. The highest BCUT2D eigenvalue weighted by molar-refractivity contribution is 5.93. The van der Waals surface area contributed by atoms with Crippen LogP contribution in [0.2, 0.25) is 0 Å². The van der Waals surface area contributed by atoms with E-state index < -0.39 is 6.09 Å². The molecule has 1 aliphatic heterocycles. The van der Waals surface area contributed by atoms with Crippen molar-refractivity contribution < 1.29 is 18.8 Å². The summed E-state index contributed by atoms with van der Waals surface area (Å²) in [5.74, 6) is 1.06. The topological polar surface area (TPSA) is 84.7 Å². The van der Waals surface area contributed by atoms with Crippen LogP contribution in [0.4, 0.5) is 4.79 Å². The summed E-state index contributed by atoms with van der Waals surface area (Å²) < 4.78 is 10.4. The number of aromatic nitrogens is 1. The zero-order valence-corrected chi connectivity index (χ0v) is 13.7. The second kappa shape index (κ2) is 6.58. The Morgan fingerprint density at radius 3 is 2.72 bits per heavy atom. The fourth-order valence-corrected chi connectivity index (χ4v) is 2.78. The Morgan fingerprint density at radius 2 is 2.00 bits per heavy atom. The van der Waals surface area contributed by atoms with Crippen molar-refractivity contribution in [1.82, 2.24) is 15.4 Å². The van der Waals surface area contributed by atoms with E-state index >= 15 is 0 Å². The van der Waals surface area contributed by atoms with Gasteiger partial charge >= 0.3 is 6.09 Å². The number of rotatable bonds is 5. The second-order valence-electron chi connectivity index (χ2n) is 6.50. The number of nitrogens with zero attached hydrogens (tertiary/aromatic N) is 2. The molecule has 1 aromatic carbocycles. The van der Waals surface area contributed by atoms with Crippen molar-refractivity contribution in [2.45, 2.75) is 31.4 Å². The van der Waals surface area contributed by atoms with Gasteiger partial charge in [-0.3, -0.25) is 4.79 Å². The number of benzene rings is 1. The minimum absolute atomic E-state index is 0.0953. The third kappa shape index (κ3) is 3.65. The van der Waals surface area contributed by atoms with E-state index in [9.17, 15) is 9.59 Å². The van der Waals surface area contributed by atoms with E-state index in [1.807, 2.05) is 30.3 Å². The Morgan fingerprint density at radius 1 is 1.24 bits per heavy atom. The summed E-state index contributed by atoms with van der Waals surface area (Å²) in [4.78, 5) is 25.7. The van der Waals surface area contributed by atoms with Crippen molar-refractivity contribution in [2.24, 2.45) is 0 Å². The first kappa shape index (κ1) is 15.7. The molecule has 1 saturated heterocycles. The summed E-state index contributed by atoms with van der Waals surface area (Å²) in [7, 11) is 0. The first-order valence-corrected chi connectivity index (χ1v) is 8.42. The third-order valence-electron chi connectivity index (χ3n) is 4.43. The van der Waals surface area contributed by atoms with Crippen LogP contribution in [-0.4, -0.2) is 41.2 Å². The Bertz CT molecular complexity index is 764. The van der Waals surface area contributed by atoms with Gasteiger partial charge in [-0.2, -0.15) is 0 Å². The predicted octanol–water partition coefficient (Wildman–Crippen LogP) is 2.30. The Labute approximate surface area is 144 Å². The number of likely N-dealkylation sites (tertiary alicyclic amines) is 1. The molecule has 2 aliphatic rings. The van der Waals surface area contributed by atoms with Gasteiger partial charge in [0.25, 0.3) is 5.91 Å². The number of alkyl carbamates (subject to hydrolysis) is 1. The molecule has 130 valence electrons. The van der Waals surface area contributed by atoms with Gasteiger partial charge in [0.2, 0.25) is 0 Å². The first-order chi connectivity index (χ1) is 12.2. The highest BCUT2D eigenvalue weighted by Crippen LogP contribution is 2.40. The van der Waals surface area contributed by atoms with Crippen LogP contribution in [0.3, 0.4) is 0 Å². The normalized spacial score (nSPS) is 17.0. The number of ether oxygens (including phenoxy) is 1. The number of carbonyl (C=O) groups is 2. The van der Waals surface area contributed by atoms with Gasteiger partial charge in [-0.05, 0) is 18.4 Å². The first-order valence-electron chi connectivity index (χ1n) is 8.42. The summed E-state index contributed by atoms with van der Waals surface area (Å²) >= 11 is 0. The Balaban J connectivity index is 1.20. The number of nitrogens with one attached hydrogen (secondary N) is 1. The molecule has 4 rings (SSSR count). The SMILES string of the molecule is O=C(NC1CN(C(=O)c2cc(C3CC3)on2)C1)OCc1ccccc1. The highest BCUT2D eigenvalue weighted by Gasteiger charge is 2.35. The molecule has 0 spiro atoms. The number of carbonyl (C=O) groups excluding carboxylic acids is 2. The molecular weight excluding hydrogens is 322 g/mol. The minimum atomic E-state index is -0.474. The van der Waals surface area contributed by atoms with Gasteiger partial charge in [0.1, 0.15) is 12.4 Å². The van der Waals surface area contributed by atoms with Crippen molar-refractivity contribution in [3.63, 3.8) is 0 Å². The van der Waals surface area contributed by atoms with E-state index in [2.05, 4.69) is 10.5 Å². The van der Waals surface area contributed by atoms with Crippen LogP contribution in [0.15, 0.2) is 40.9 Å². The second-order valence-corrected chi connectivity index (χ2v) is 6.50. The van der Waals surface area contributed by atoms with E-state index in [0.29, 0.717) is 24.7 Å². The molecule has 25 heavy (non-hydrogen) atoms. The van der Waals surface area contributed by atoms with Gasteiger partial charge in [-0.25, -0.2) is 4.79 Å². The zero-order chi connectivity index (χ0) is 17.2. The summed E-state index contributed by atoms with van der Waals surface area (Å²) in [6.07, 6.45) is 1.73. The van der Waals surface area contributed by atoms with Crippen LogP contribution in [0.25, 0.3) is 0 Å². The molecule has 2 fully saturated rings. The quantitative estimate of drug-likeness (QED) is 0.902. The average molecular weight is 341 g/mol. The largest absolute Gasteiger partial charge is 0.445 e. The summed E-state index contributed by atoms with van der Waals surface area (Å²) in [5.41, 5.74) is 1.27. The summed E-state index contributed by atoms with van der Waals surface area (Å²) in [5, 5.41) is 6.61. The number of hydrogen-bond acceptors (Lipinski definition) is 5. The Hall–Kier alpha value is -2.83. The van der Waals surface area contributed by atoms with E-state index in [4.69, 9.17) is 9.26 Å². The lowest BCUT2D eigenvalue weighted by atomic mass is 10.1. The molecule has 1 saturated carbocycles. The standard InChI is InChI=1S/C18H19N3O4/c22-17(15-8-16(25-20-15)13-6-7-13)21-9-14(10-21)19-18(23)24-11-12-4-2-1-3-5-12/h1-5,8,13-14H,6-7,9-11H2,(H,19,23). The molecule has 1 N–H and O–H groups in total. The lowest BCUT2D eigenvalue weighted by Crippen LogP contribution is -2.61. The molecule has 2 aromatic rings. The van der Waals surface area contributed by atoms with Crippen LogP contribution in [0.1, 0.15) is 40.6 Å². The van der Waals surface area contributed by atoms with Gasteiger partial charge in [-0.15, -0.1) is 0 Å². The van der Waals surface area contributed by atoms with Crippen LogP contribution < -0.4 is 5.32 Å². The predicted molar refractivity (Wildman–Crippen MR) is 87.9 cm³/mol. The molecule has 0 bridgehead atoms. The Kier molecular flexibility index (Phi) is 4.13. The van der Waals surface area contributed by atoms with Crippen LogP contribution in [0, 0.1) is 0 Å². The van der Waals surface area contributed by atoms with Crippen LogP contribution in [-0.2, 0) is 11.3 Å². The number of amides is 2.